The Morgan fingerprint density at radius 2 is 1.92 bits per heavy atom. The highest BCUT2D eigenvalue weighted by Gasteiger charge is 2.20. The average Bonchev–Trinajstić information content (AvgIpc) is 2.61. The third-order valence-corrected chi connectivity index (χ3v) is 5.57. The molecule has 0 aromatic heterocycles. The van der Waals surface area contributed by atoms with Crippen LogP contribution in [0.25, 0.3) is 0 Å². The van der Waals surface area contributed by atoms with Crippen LogP contribution in [0, 0.1) is 0 Å². The molecule has 0 saturated heterocycles. The van der Waals surface area contributed by atoms with Crippen molar-refractivity contribution in [3.8, 4) is 5.75 Å². The molecule has 25 heavy (non-hydrogen) atoms. The van der Waals surface area contributed by atoms with E-state index in [-0.39, 0.29) is 16.4 Å². The summed E-state index contributed by atoms with van der Waals surface area (Å²) in [4.78, 5) is 13.0. The van der Waals surface area contributed by atoms with Crippen molar-refractivity contribution in [1.82, 2.24) is 5.32 Å². The number of carbonyl (C=O) groups is 1. The Kier molecular flexibility index (Phi) is 6.33. The maximum absolute atomic E-state index is 12.7. The number of hydrogen-bond donors (Lipinski definition) is 2. The van der Waals surface area contributed by atoms with E-state index in [1.165, 1.54) is 37.1 Å². The summed E-state index contributed by atoms with van der Waals surface area (Å²) in [6.07, 6.45) is 1.87. The topological polar surface area (TPSA) is 84.5 Å². The second kappa shape index (κ2) is 8.26. The van der Waals surface area contributed by atoms with Crippen LogP contribution in [0.5, 0.6) is 5.75 Å². The minimum absolute atomic E-state index is 0.00883. The quantitative estimate of drug-likeness (QED) is 0.722. The Hall–Kier alpha value is -2.19. The van der Waals surface area contributed by atoms with Crippen molar-refractivity contribution < 1.29 is 17.9 Å². The standard InChI is InChI=1S/C17H20N2O4S2/c1-4-18-17(20)13-11-12(9-10-15(13)23-2)25(21,22)19-14-7-5-6-8-16(14)24-3/h5-11,19H,4H2,1-3H3,(H,18,20). The van der Waals surface area contributed by atoms with E-state index in [1.54, 1.807) is 19.1 Å². The van der Waals surface area contributed by atoms with Crippen LogP contribution in [0.4, 0.5) is 5.69 Å². The van der Waals surface area contributed by atoms with Crippen LogP contribution in [-0.4, -0.2) is 34.2 Å². The summed E-state index contributed by atoms with van der Waals surface area (Å²) in [5.41, 5.74) is 0.663. The van der Waals surface area contributed by atoms with Gasteiger partial charge in [-0.3, -0.25) is 9.52 Å². The molecule has 0 aliphatic carbocycles. The number of nitrogens with one attached hydrogen (secondary N) is 2. The maximum atomic E-state index is 12.7. The van der Waals surface area contributed by atoms with E-state index in [1.807, 2.05) is 18.4 Å². The molecule has 1 amide bonds. The number of thioether (sulfide) groups is 1. The number of benzene rings is 2. The summed E-state index contributed by atoms with van der Waals surface area (Å²) < 4.78 is 33.1. The molecule has 0 aliphatic rings. The Morgan fingerprint density at radius 3 is 2.56 bits per heavy atom. The molecule has 0 bridgehead atoms. The lowest BCUT2D eigenvalue weighted by Gasteiger charge is -2.13. The molecule has 0 atom stereocenters. The van der Waals surface area contributed by atoms with Gasteiger partial charge >= 0.3 is 0 Å². The zero-order valence-electron chi connectivity index (χ0n) is 14.2. The fourth-order valence-electron chi connectivity index (χ4n) is 2.22. The largest absolute Gasteiger partial charge is 0.496 e. The smallest absolute Gasteiger partial charge is 0.261 e. The molecule has 0 spiro atoms. The van der Waals surface area contributed by atoms with Gasteiger partial charge in [0.2, 0.25) is 0 Å². The molecule has 0 unspecified atom stereocenters. The molecule has 2 aromatic carbocycles. The lowest BCUT2D eigenvalue weighted by atomic mass is 10.2. The summed E-state index contributed by atoms with van der Waals surface area (Å²) in [5.74, 6) is -0.0738. The van der Waals surface area contributed by atoms with E-state index in [9.17, 15) is 13.2 Å². The number of hydrogen-bond acceptors (Lipinski definition) is 5. The molecule has 0 fully saturated rings. The van der Waals surface area contributed by atoms with Gasteiger partial charge in [-0.1, -0.05) is 12.1 Å². The summed E-state index contributed by atoms with van der Waals surface area (Å²) in [6, 6.07) is 11.3. The van der Waals surface area contributed by atoms with E-state index in [4.69, 9.17) is 4.74 Å². The molecule has 6 nitrogen and oxygen atoms in total. The van der Waals surface area contributed by atoms with E-state index < -0.39 is 10.0 Å². The summed E-state index contributed by atoms with van der Waals surface area (Å²) >= 11 is 1.44. The van der Waals surface area contributed by atoms with Gasteiger partial charge in [0, 0.05) is 11.4 Å². The minimum atomic E-state index is -3.84. The predicted octanol–water partition coefficient (Wildman–Crippen LogP) is 2.97. The van der Waals surface area contributed by atoms with Crippen LogP contribution in [0.1, 0.15) is 17.3 Å². The van der Waals surface area contributed by atoms with E-state index in [0.717, 1.165) is 4.90 Å². The number of para-hydroxylation sites is 1. The Balaban J connectivity index is 2.42. The van der Waals surface area contributed by atoms with Crippen LogP contribution in [-0.2, 0) is 10.0 Å². The summed E-state index contributed by atoms with van der Waals surface area (Å²) in [5, 5.41) is 2.65. The highest BCUT2D eigenvalue weighted by atomic mass is 32.2. The second-order valence-corrected chi connectivity index (χ2v) is 7.56. The molecule has 0 heterocycles. The van der Waals surface area contributed by atoms with Crippen LogP contribution in [0.2, 0.25) is 0 Å². The number of ether oxygens (including phenoxy) is 1. The van der Waals surface area contributed by atoms with Crippen molar-refractivity contribution in [2.75, 3.05) is 24.6 Å². The molecular formula is C17H20N2O4S2. The van der Waals surface area contributed by atoms with E-state index in [2.05, 4.69) is 10.0 Å². The molecule has 0 radical (unpaired) electrons. The Bertz CT molecular complexity index is 867. The molecule has 0 aliphatic heterocycles. The van der Waals surface area contributed by atoms with Gasteiger partial charge in [0.25, 0.3) is 15.9 Å². The van der Waals surface area contributed by atoms with Gasteiger partial charge in [0.05, 0.1) is 23.3 Å². The van der Waals surface area contributed by atoms with Gasteiger partial charge < -0.3 is 10.1 Å². The van der Waals surface area contributed by atoms with E-state index in [0.29, 0.717) is 18.0 Å². The number of amides is 1. The second-order valence-electron chi connectivity index (χ2n) is 5.03. The number of sulfonamides is 1. The number of carbonyl (C=O) groups excluding carboxylic acids is 1. The predicted molar refractivity (Wildman–Crippen MR) is 100 cm³/mol. The van der Waals surface area contributed by atoms with Crippen molar-refractivity contribution in [3.63, 3.8) is 0 Å². The SMILES string of the molecule is CCNC(=O)c1cc(S(=O)(=O)Nc2ccccc2SC)ccc1OC. The first-order chi connectivity index (χ1) is 11.9. The van der Waals surface area contributed by atoms with Crippen LogP contribution < -0.4 is 14.8 Å². The fraction of sp³-hybridized carbons (Fsp3) is 0.235. The Labute approximate surface area is 152 Å². The average molecular weight is 380 g/mol. The third kappa shape index (κ3) is 4.46. The van der Waals surface area contributed by atoms with Crippen molar-refractivity contribution in [1.29, 1.82) is 0 Å². The number of anilines is 1. The van der Waals surface area contributed by atoms with Gasteiger partial charge in [-0.2, -0.15) is 0 Å². The summed E-state index contributed by atoms with van der Waals surface area (Å²) in [7, 11) is -2.41. The highest BCUT2D eigenvalue weighted by Crippen LogP contribution is 2.28. The van der Waals surface area contributed by atoms with Gasteiger partial charge in [-0.25, -0.2) is 8.42 Å². The molecular weight excluding hydrogens is 360 g/mol. The first-order valence-corrected chi connectivity index (χ1v) is 10.3. The lowest BCUT2D eigenvalue weighted by Crippen LogP contribution is -2.24. The minimum Gasteiger partial charge on any atom is -0.496 e. The first-order valence-electron chi connectivity index (χ1n) is 7.55. The van der Waals surface area contributed by atoms with Crippen molar-refractivity contribution >= 4 is 33.4 Å². The first kappa shape index (κ1) is 19.1. The molecule has 2 aromatic rings. The zero-order chi connectivity index (χ0) is 18.4. The normalized spacial score (nSPS) is 11.0. The van der Waals surface area contributed by atoms with Gasteiger partial charge in [0.15, 0.2) is 0 Å². The van der Waals surface area contributed by atoms with Gasteiger partial charge in [0.1, 0.15) is 5.75 Å². The number of methoxy groups -OCH3 is 1. The maximum Gasteiger partial charge on any atom is 0.261 e. The van der Waals surface area contributed by atoms with E-state index >= 15 is 0 Å². The third-order valence-electron chi connectivity index (χ3n) is 3.41. The van der Waals surface area contributed by atoms with Gasteiger partial charge in [-0.05, 0) is 43.5 Å². The lowest BCUT2D eigenvalue weighted by molar-refractivity contribution is 0.0952. The fourth-order valence-corrected chi connectivity index (χ4v) is 3.94. The molecule has 2 rings (SSSR count). The van der Waals surface area contributed by atoms with Crippen LogP contribution >= 0.6 is 11.8 Å². The zero-order valence-corrected chi connectivity index (χ0v) is 15.8. The molecule has 8 heteroatoms. The van der Waals surface area contributed by atoms with Crippen molar-refractivity contribution in [2.45, 2.75) is 16.7 Å². The Morgan fingerprint density at radius 1 is 1.20 bits per heavy atom. The van der Waals surface area contributed by atoms with Gasteiger partial charge in [-0.15, -0.1) is 11.8 Å². The summed E-state index contributed by atoms with van der Waals surface area (Å²) in [6.45, 7) is 2.21. The molecule has 134 valence electrons. The monoisotopic (exact) mass is 380 g/mol. The number of rotatable bonds is 7. The highest BCUT2D eigenvalue weighted by molar-refractivity contribution is 7.99. The van der Waals surface area contributed by atoms with Crippen LogP contribution in [0.3, 0.4) is 0 Å². The molecule has 0 saturated carbocycles. The van der Waals surface area contributed by atoms with Crippen LogP contribution in [0.15, 0.2) is 52.3 Å². The van der Waals surface area contributed by atoms with Crippen molar-refractivity contribution in [2.24, 2.45) is 0 Å². The van der Waals surface area contributed by atoms with Crippen molar-refractivity contribution in [3.05, 3.63) is 48.0 Å². The molecule has 2 N–H and O–H groups in total.